The van der Waals surface area contributed by atoms with Gasteiger partial charge >= 0.3 is 0 Å². The van der Waals surface area contributed by atoms with Crippen molar-refractivity contribution in [3.8, 4) is 0 Å². The molecule has 1 unspecified atom stereocenters. The molecule has 82 valence electrons. The molecule has 1 N–H and O–H groups in total. The average Bonchev–Trinajstić information content (AvgIpc) is 2.15. The molecule has 0 aromatic heterocycles. The van der Waals surface area contributed by atoms with E-state index in [1.54, 1.807) is 11.2 Å². The topological polar surface area (TPSA) is 49.4 Å². The highest BCUT2D eigenvalue weighted by Gasteiger charge is 2.37. The Labute approximate surface area is 85.7 Å². The van der Waals surface area contributed by atoms with E-state index in [0.29, 0.717) is 19.1 Å². The van der Waals surface area contributed by atoms with E-state index in [1.165, 1.54) is 6.42 Å². The molecule has 1 heterocycles. The Morgan fingerprint density at radius 3 is 2.64 bits per heavy atom. The lowest BCUT2D eigenvalue weighted by Gasteiger charge is -2.36. The average molecular weight is 218 g/mol. The highest BCUT2D eigenvalue weighted by molar-refractivity contribution is 7.89. The van der Waals surface area contributed by atoms with Crippen LogP contribution in [0, 0.1) is 0 Å². The normalized spacial score (nSPS) is 34.8. The van der Waals surface area contributed by atoms with Crippen LogP contribution in [0.4, 0.5) is 0 Å². The van der Waals surface area contributed by atoms with Gasteiger partial charge in [0.15, 0.2) is 0 Å². The van der Waals surface area contributed by atoms with Gasteiger partial charge in [0.1, 0.15) is 0 Å². The van der Waals surface area contributed by atoms with Crippen molar-refractivity contribution in [3.05, 3.63) is 0 Å². The fraction of sp³-hybridized carbons (Fsp3) is 1.00. The summed E-state index contributed by atoms with van der Waals surface area (Å²) < 4.78 is 25.8. The molecule has 0 aromatic rings. The number of hydrogen-bond acceptors (Lipinski definition) is 3. The first-order chi connectivity index (χ1) is 6.62. The van der Waals surface area contributed by atoms with E-state index in [2.05, 4.69) is 5.32 Å². The van der Waals surface area contributed by atoms with E-state index >= 15 is 0 Å². The second kappa shape index (κ2) is 3.79. The van der Waals surface area contributed by atoms with Gasteiger partial charge in [0.05, 0.1) is 5.25 Å². The fourth-order valence-electron chi connectivity index (χ4n) is 2.02. The van der Waals surface area contributed by atoms with Crippen LogP contribution in [-0.2, 0) is 10.0 Å². The number of sulfonamides is 1. The first kappa shape index (κ1) is 10.4. The van der Waals surface area contributed by atoms with E-state index in [-0.39, 0.29) is 5.25 Å². The van der Waals surface area contributed by atoms with E-state index in [9.17, 15) is 8.42 Å². The maximum atomic E-state index is 12.1. The van der Waals surface area contributed by atoms with Crippen molar-refractivity contribution in [3.63, 3.8) is 0 Å². The third-order valence-electron chi connectivity index (χ3n) is 3.26. The maximum Gasteiger partial charge on any atom is 0.218 e. The predicted octanol–water partition coefficient (Wildman–Crippen LogP) is 0.162. The van der Waals surface area contributed by atoms with Crippen LogP contribution < -0.4 is 5.32 Å². The second-order valence-electron chi connectivity index (χ2n) is 4.26. The molecule has 0 amide bonds. The smallest absolute Gasteiger partial charge is 0.218 e. The van der Waals surface area contributed by atoms with Gasteiger partial charge in [0.25, 0.3) is 0 Å². The summed E-state index contributed by atoms with van der Waals surface area (Å²) >= 11 is 0. The molecule has 0 aromatic carbocycles. The van der Waals surface area contributed by atoms with Gasteiger partial charge < -0.3 is 5.32 Å². The summed E-state index contributed by atoms with van der Waals surface area (Å²) in [6.07, 6.45) is 3.27. The van der Waals surface area contributed by atoms with Gasteiger partial charge in [-0.1, -0.05) is 6.42 Å². The molecular weight excluding hydrogens is 200 g/mol. The number of nitrogens with zero attached hydrogens (tertiary/aromatic N) is 1. The SMILES string of the molecule is CC1CNCCN(C2CCC2)S1(=O)=O. The lowest BCUT2D eigenvalue weighted by Crippen LogP contribution is -2.47. The molecule has 2 rings (SSSR count). The molecule has 14 heavy (non-hydrogen) atoms. The monoisotopic (exact) mass is 218 g/mol. The molecule has 0 bridgehead atoms. The number of hydrogen-bond donors (Lipinski definition) is 1. The summed E-state index contributed by atoms with van der Waals surface area (Å²) in [5.41, 5.74) is 0. The Hall–Kier alpha value is -0.130. The molecule has 2 aliphatic rings. The molecule has 1 saturated carbocycles. The van der Waals surface area contributed by atoms with Crippen molar-refractivity contribution in [1.82, 2.24) is 9.62 Å². The first-order valence-corrected chi connectivity index (χ1v) is 6.84. The molecule has 4 nitrogen and oxygen atoms in total. The number of nitrogens with one attached hydrogen (secondary N) is 1. The van der Waals surface area contributed by atoms with E-state index < -0.39 is 10.0 Å². The fourth-order valence-corrected chi connectivity index (χ4v) is 3.79. The zero-order valence-electron chi connectivity index (χ0n) is 8.57. The van der Waals surface area contributed by atoms with Crippen molar-refractivity contribution < 1.29 is 8.42 Å². The van der Waals surface area contributed by atoms with E-state index in [4.69, 9.17) is 0 Å². The predicted molar refractivity (Wildman–Crippen MR) is 55.6 cm³/mol. The lowest BCUT2D eigenvalue weighted by atomic mass is 9.93. The Balaban J connectivity index is 2.19. The van der Waals surface area contributed by atoms with Crippen LogP contribution >= 0.6 is 0 Å². The number of rotatable bonds is 1. The minimum Gasteiger partial charge on any atom is -0.314 e. The molecule has 1 saturated heterocycles. The van der Waals surface area contributed by atoms with Gasteiger partial charge in [-0.3, -0.25) is 0 Å². The van der Waals surface area contributed by atoms with Crippen LogP contribution in [0.1, 0.15) is 26.2 Å². The third-order valence-corrected chi connectivity index (χ3v) is 5.58. The molecule has 2 fully saturated rings. The second-order valence-corrected chi connectivity index (χ2v) is 6.56. The molecule has 0 radical (unpaired) electrons. The Morgan fingerprint density at radius 2 is 2.07 bits per heavy atom. The van der Waals surface area contributed by atoms with Gasteiger partial charge in [0, 0.05) is 25.7 Å². The summed E-state index contributed by atoms with van der Waals surface area (Å²) in [6.45, 7) is 3.82. The van der Waals surface area contributed by atoms with Crippen LogP contribution in [0.25, 0.3) is 0 Å². The first-order valence-electron chi connectivity index (χ1n) is 5.34. The van der Waals surface area contributed by atoms with Gasteiger partial charge in [-0.2, -0.15) is 4.31 Å². The molecule has 1 aliphatic carbocycles. The van der Waals surface area contributed by atoms with E-state index in [1.807, 2.05) is 0 Å². The van der Waals surface area contributed by atoms with Gasteiger partial charge in [-0.25, -0.2) is 8.42 Å². The summed E-state index contributed by atoms with van der Waals surface area (Å²) in [4.78, 5) is 0. The van der Waals surface area contributed by atoms with Crippen molar-refractivity contribution >= 4 is 10.0 Å². The van der Waals surface area contributed by atoms with Crippen LogP contribution in [0.5, 0.6) is 0 Å². The lowest BCUT2D eigenvalue weighted by molar-refractivity contribution is 0.223. The van der Waals surface area contributed by atoms with Crippen LogP contribution in [0.3, 0.4) is 0 Å². The minimum atomic E-state index is -3.03. The molecule has 0 spiro atoms. The van der Waals surface area contributed by atoms with Crippen molar-refractivity contribution in [2.24, 2.45) is 0 Å². The van der Waals surface area contributed by atoms with Crippen molar-refractivity contribution in [2.45, 2.75) is 37.5 Å². The van der Waals surface area contributed by atoms with Crippen molar-refractivity contribution in [1.29, 1.82) is 0 Å². The zero-order chi connectivity index (χ0) is 10.2. The van der Waals surface area contributed by atoms with Crippen LogP contribution in [0.15, 0.2) is 0 Å². The molecule has 1 aliphatic heterocycles. The van der Waals surface area contributed by atoms with E-state index in [0.717, 1.165) is 19.4 Å². The Bertz CT molecular complexity index is 298. The summed E-state index contributed by atoms with van der Waals surface area (Å²) in [5.74, 6) is 0. The van der Waals surface area contributed by atoms with Gasteiger partial charge in [-0.05, 0) is 19.8 Å². The Kier molecular flexibility index (Phi) is 2.81. The van der Waals surface area contributed by atoms with Crippen LogP contribution in [0.2, 0.25) is 0 Å². The standard InChI is InChI=1S/C9H18N2O2S/c1-8-7-10-5-6-11(14(8,12)13)9-3-2-4-9/h8-10H,2-7H2,1H3. The minimum absolute atomic E-state index is 0.273. The summed E-state index contributed by atoms with van der Waals surface area (Å²) in [5, 5.41) is 2.89. The van der Waals surface area contributed by atoms with Crippen molar-refractivity contribution in [2.75, 3.05) is 19.6 Å². The van der Waals surface area contributed by atoms with Gasteiger partial charge in [0.2, 0.25) is 10.0 Å². The zero-order valence-corrected chi connectivity index (χ0v) is 9.39. The maximum absolute atomic E-state index is 12.1. The molecular formula is C9H18N2O2S. The third kappa shape index (κ3) is 1.68. The molecule has 1 atom stereocenters. The molecule has 5 heteroatoms. The summed E-state index contributed by atoms with van der Waals surface area (Å²) in [7, 11) is -3.03. The quantitative estimate of drug-likeness (QED) is 0.682. The Morgan fingerprint density at radius 1 is 1.36 bits per heavy atom. The largest absolute Gasteiger partial charge is 0.314 e. The highest BCUT2D eigenvalue weighted by atomic mass is 32.2. The highest BCUT2D eigenvalue weighted by Crippen LogP contribution is 2.28. The summed E-state index contributed by atoms with van der Waals surface area (Å²) in [6, 6.07) is 0.294. The van der Waals surface area contributed by atoms with Crippen LogP contribution in [-0.4, -0.2) is 43.6 Å². The van der Waals surface area contributed by atoms with Gasteiger partial charge in [-0.15, -0.1) is 0 Å².